The van der Waals surface area contributed by atoms with E-state index in [1.807, 2.05) is 30.3 Å². The molecule has 0 aliphatic carbocycles. The number of furan rings is 1. The van der Waals surface area contributed by atoms with Gasteiger partial charge in [0.15, 0.2) is 0 Å². The molecule has 3 heteroatoms. The van der Waals surface area contributed by atoms with Gasteiger partial charge in [-0.2, -0.15) is 0 Å². The zero-order valence-electron chi connectivity index (χ0n) is 8.57. The Balaban J connectivity index is 2.07. The highest BCUT2D eigenvalue weighted by Gasteiger charge is 2.02. The maximum absolute atomic E-state index is 5.74. The van der Waals surface area contributed by atoms with Crippen molar-refractivity contribution in [1.82, 2.24) is 0 Å². The monoisotopic (exact) mass is 219 g/mol. The van der Waals surface area contributed by atoms with Crippen LogP contribution in [0, 0.1) is 6.92 Å². The third-order valence-electron chi connectivity index (χ3n) is 2.16. The molecule has 2 N–H and O–H groups in total. The molecule has 2 nitrogen and oxygen atoms in total. The SMILES string of the molecule is Cc1ccc(N)cc1SCc1ccco1. The minimum atomic E-state index is 0.808. The van der Waals surface area contributed by atoms with Crippen LogP contribution >= 0.6 is 11.8 Å². The van der Waals surface area contributed by atoms with Crippen LogP contribution in [0.1, 0.15) is 11.3 Å². The van der Waals surface area contributed by atoms with Crippen molar-refractivity contribution in [2.24, 2.45) is 0 Å². The summed E-state index contributed by atoms with van der Waals surface area (Å²) in [7, 11) is 0. The van der Waals surface area contributed by atoms with Gasteiger partial charge in [-0.15, -0.1) is 11.8 Å². The van der Waals surface area contributed by atoms with E-state index in [0.29, 0.717) is 0 Å². The van der Waals surface area contributed by atoms with Gasteiger partial charge in [0.05, 0.1) is 12.0 Å². The summed E-state index contributed by atoms with van der Waals surface area (Å²) in [5.74, 6) is 1.83. The van der Waals surface area contributed by atoms with Crippen molar-refractivity contribution in [1.29, 1.82) is 0 Å². The standard InChI is InChI=1S/C12H13NOS/c1-9-4-5-10(13)7-12(9)15-8-11-3-2-6-14-11/h2-7H,8,13H2,1H3. The van der Waals surface area contributed by atoms with E-state index in [0.717, 1.165) is 17.2 Å². The molecule has 2 rings (SSSR count). The van der Waals surface area contributed by atoms with Gasteiger partial charge in [0.25, 0.3) is 0 Å². The lowest BCUT2D eigenvalue weighted by Crippen LogP contribution is -1.87. The van der Waals surface area contributed by atoms with Crippen molar-refractivity contribution < 1.29 is 4.42 Å². The summed E-state index contributed by atoms with van der Waals surface area (Å²) in [6.45, 7) is 2.09. The summed E-state index contributed by atoms with van der Waals surface area (Å²) in [5, 5.41) is 0. The van der Waals surface area contributed by atoms with Crippen LogP contribution in [0.5, 0.6) is 0 Å². The molecule has 15 heavy (non-hydrogen) atoms. The Hall–Kier alpha value is -1.35. The normalized spacial score (nSPS) is 10.5. The molecule has 1 heterocycles. The van der Waals surface area contributed by atoms with Gasteiger partial charge in [-0.1, -0.05) is 6.07 Å². The van der Waals surface area contributed by atoms with Gasteiger partial charge in [-0.25, -0.2) is 0 Å². The molecular formula is C12H13NOS. The molecule has 0 saturated carbocycles. The Kier molecular flexibility index (Phi) is 3.02. The maximum atomic E-state index is 5.74. The van der Waals surface area contributed by atoms with E-state index in [1.165, 1.54) is 10.5 Å². The third-order valence-corrected chi connectivity index (χ3v) is 3.34. The number of nitrogens with two attached hydrogens (primary N) is 1. The van der Waals surface area contributed by atoms with Crippen molar-refractivity contribution >= 4 is 17.4 Å². The van der Waals surface area contributed by atoms with E-state index in [4.69, 9.17) is 10.2 Å². The molecule has 0 bridgehead atoms. The van der Waals surface area contributed by atoms with Crippen molar-refractivity contribution in [3.63, 3.8) is 0 Å². The number of nitrogen functional groups attached to an aromatic ring is 1. The highest BCUT2D eigenvalue weighted by molar-refractivity contribution is 7.98. The number of aryl methyl sites for hydroxylation is 1. The average molecular weight is 219 g/mol. The van der Waals surface area contributed by atoms with Crippen LogP contribution in [0.3, 0.4) is 0 Å². The Labute approximate surface area is 93.5 Å². The second-order valence-electron chi connectivity index (χ2n) is 3.39. The zero-order chi connectivity index (χ0) is 10.7. The number of benzene rings is 1. The van der Waals surface area contributed by atoms with Crippen LogP contribution < -0.4 is 5.73 Å². The Morgan fingerprint density at radius 1 is 1.33 bits per heavy atom. The summed E-state index contributed by atoms with van der Waals surface area (Å²) < 4.78 is 5.27. The third kappa shape index (κ3) is 2.57. The van der Waals surface area contributed by atoms with Crippen molar-refractivity contribution in [2.75, 3.05) is 5.73 Å². The smallest absolute Gasteiger partial charge is 0.113 e. The van der Waals surface area contributed by atoms with Crippen LogP contribution in [-0.4, -0.2) is 0 Å². The molecule has 1 aromatic carbocycles. The van der Waals surface area contributed by atoms with E-state index in [1.54, 1.807) is 18.0 Å². The molecule has 0 radical (unpaired) electrons. The quantitative estimate of drug-likeness (QED) is 0.634. The van der Waals surface area contributed by atoms with Gasteiger partial charge in [-0.05, 0) is 36.8 Å². The maximum Gasteiger partial charge on any atom is 0.113 e. The fraction of sp³-hybridized carbons (Fsp3) is 0.167. The lowest BCUT2D eigenvalue weighted by Gasteiger charge is -2.05. The number of thioether (sulfide) groups is 1. The molecular weight excluding hydrogens is 206 g/mol. The molecule has 0 fully saturated rings. The highest BCUT2D eigenvalue weighted by Crippen LogP contribution is 2.27. The van der Waals surface area contributed by atoms with Crippen LogP contribution in [0.25, 0.3) is 0 Å². The molecule has 1 aromatic heterocycles. The second-order valence-corrected chi connectivity index (χ2v) is 4.41. The second kappa shape index (κ2) is 4.45. The summed E-state index contributed by atoms with van der Waals surface area (Å²) in [6, 6.07) is 9.85. The van der Waals surface area contributed by atoms with E-state index in [-0.39, 0.29) is 0 Å². The van der Waals surface area contributed by atoms with Crippen molar-refractivity contribution in [3.8, 4) is 0 Å². The summed E-state index contributed by atoms with van der Waals surface area (Å²) in [5.41, 5.74) is 7.80. The zero-order valence-corrected chi connectivity index (χ0v) is 9.38. The van der Waals surface area contributed by atoms with Crippen LogP contribution in [0.4, 0.5) is 5.69 Å². The fourth-order valence-electron chi connectivity index (χ4n) is 1.32. The van der Waals surface area contributed by atoms with Gasteiger partial charge < -0.3 is 10.2 Å². The molecule has 0 saturated heterocycles. The Morgan fingerprint density at radius 3 is 2.93 bits per heavy atom. The molecule has 78 valence electrons. The number of anilines is 1. The van der Waals surface area contributed by atoms with E-state index in [9.17, 15) is 0 Å². The van der Waals surface area contributed by atoms with Gasteiger partial charge in [-0.3, -0.25) is 0 Å². The van der Waals surface area contributed by atoms with Gasteiger partial charge >= 0.3 is 0 Å². The van der Waals surface area contributed by atoms with Crippen molar-refractivity contribution in [3.05, 3.63) is 47.9 Å². The number of rotatable bonds is 3. The first-order chi connectivity index (χ1) is 7.25. The molecule has 0 aliphatic rings. The van der Waals surface area contributed by atoms with Gasteiger partial charge in [0, 0.05) is 10.6 Å². The molecule has 0 atom stereocenters. The van der Waals surface area contributed by atoms with Crippen molar-refractivity contribution in [2.45, 2.75) is 17.6 Å². The molecule has 0 spiro atoms. The topological polar surface area (TPSA) is 39.2 Å². The summed E-state index contributed by atoms with van der Waals surface area (Å²) in [6.07, 6.45) is 1.70. The van der Waals surface area contributed by atoms with Crippen LogP contribution in [0.2, 0.25) is 0 Å². The summed E-state index contributed by atoms with van der Waals surface area (Å²) >= 11 is 1.75. The lowest BCUT2D eigenvalue weighted by molar-refractivity contribution is 0.530. The largest absolute Gasteiger partial charge is 0.468 e. The fourth-order valence-corrected chi connectivity index (χ4v) is 2.29. The predicted molar refractivity (Wildman–Crippen MR) is 63.9 cm³/mol. The lowest BCUT2D eigenvalue weighted by atomic mass is 10.2. The van der Waals surface area contributed by atoms with E-state index in [2.05, 4.69) is 6.92 Å². The van der Waals surface area contributed by atoms with Gasteiger partial charge in [0.2, 0.25) is 0 Å². The molecule has 0 unspecified atom stereocenters. The highest BCUT2D eigenvalue weighted by atomic mass is 32.2. The van der Waals surface area contributed by atoms with E-state index < -0.39 is 0 Å². The number of hydrogen-bond donors (Lipinski definition) is 1. The number of hydrogen-bond acceptors (Lipinski definition) is 3. The van der Waals surface area contributed by atoms with E-state index >= 15 is 0 Å². The molecule has 2 aromatic rings. The first kappa shape index (κ1) is 10.2. The minimum Gasteiger partial charge on any atom is -0.468 e. The predicted octanol–water partition coefficient (Wildman–Crippen LogP) is 3.46. The molecule has 0 aliphatic heterocycles. The first-order valence-electron chi connectivity index (χ1n) is 4.77. The first-order valence-corrected chi connectivity index (χ1v) is 5.75. The van der Waals surface area contributed by atoms with Gasteiger partial charge in [0.1, 0.15) is 5.76 Å². The van der Waals surface area contributed by atoms with Crippen LogP contribution in [-0.2, 0) is 5.75 Å². The Bertz CT molecular complexity index is 437. The summed E-state index contributed by atoms with van der Waals surface area (Å²) in [4.78, 5) is 1.21. The van der Waals surface area contributed by atoms with Crippen LogP contribution in [0.15, 0.2) is 45.9 Å². The minimum absolute atomic E-state index is 0.808. The Morgan fingerprint density at radius 2 is 2.20 bits per heavy atom. The molecule has 0 amide bonds. The average Bonchev–Trinajstić information content (AvgIpc) is 2.72.